The Balaban J connectivity index is 2.70. The second-order valence-corrected chi connectivity index (χ2v) is 3.90. The van der Waals surface area contributed by atoms with E-state index in [4.69, 9.17) is 4.42 Å². The number of carbonyl (C=O) groups is 1. The number of hydrogen-bond acceptors (Lipinski definition) is 6. The molecular weight excluding hydrogens is 234 g/mol. The maximum absolute atomic E-state index is 11.5. The number of nitrogens with zero attached hydrogens (tertiary/aromatic N) is 3. The molecule has 7 nitrogen and oxygen atoms in total. The number of anilines is 1. The Morgan fingerprint density at radius 1 is 1.44 bits per heavy atom. The summed E-state index contributed by atoms with van der Waals surface area (Å²) < 4.78 is 5.53. The minimum Gasteiger partial charge on any atom is -0.406 e. The molecule has 1 aromatic heterocycles. The normalized spacial score (nSPS) is 12.2. The van der Waals surface area contributed by atoms with E-state index in [1.165, 1.54) is 0 Å². The summed E-state index contributed by atoms with van der Waals surface area (Å²) in [6.45, 7) is 7.21. The van der Waals surface area contributed by atoms with Crippen LogP contribution in [0.1, 0.15) is 32.7 Å². The van der Waals surface area contributed by atoms with Crippen molar-refractivity contribution >= 4 is 11.9 Å². The van der Waals surface area contributed by atoms with Gasteiger partial charge in [0.1, 0.15) is 6.54 Å². The van der Waals surface area contributed by atoms with E-state index in [1.54, 1.807) is 4.90 Å². The minimum absolute atomic E-state index is 0.00516. The second-order valence-electron chi connectivity index (χ2n) is 3.90. The Morgan fingerprint density at radius 3 is 2.72 bits per heavy atom. The van der Waals surface area contributed by atoms with Crippen molar-refractivity contribution in [2.24, 2.45) is 0 Å². The van der Waals surface area contributed by atoms with E-state index in [0.717, 1.165) is 0 Å². The highest BCUT2D eigenvalue weighted by Gasteiger charge is 2.18. The van der Waals surface area contributed by atoms with Crippen molar-refractivity contribution in [3.63, 3.8) is 0 Å². The molecule has 0 aliphatic carbocycles. The van der Waals surface area contributed by atoms with Crippen LogP contribution in [-0.4, -0.2) is 42.8 Å². The van der Waals surface area contributed by atoms with Gasteiger partial charge >= 0.3 is 6.01 Å². The molecule has 0 radical (unpaired) electrons. The first-order chi connectivity index (χ1) is 8.62. The van der Waals surface area contributed by atoms with Gasteiger partial charge in [0.25, 0.3) is 0 Å². The molecule has 1 amide bonds. The van der Waals surface area contributed by atoms with Crippen LogP contribution in [0.25, 0.3) is 0 Å². The predicted octanol–water partition coefficient (Wildman–Crippen LogP) is 0.312. The number of likely N-dealkylation sites (N-methyl/N-ethyl adjacent to an activating group) is 2. The monoisotopic (exact) mass is 255 g/mol. The summed E-state index contributed by atoms with van der Waals surface area (Å²) in [4.78, 5) is 13.3. The van der Waals surface area contributed by atoms with Crippen LogP contribution < -0.4 is 15.5 Å². The molecule has 18 heavy (non-hydrogen) atoms. The molecular formula is C11H21N5O2. The fraction of sp³-hybridized carbons (Fsp3) is 0.727. The molecule has 0 aromatic carbocycles. The van der Waals surface area contributed by atoms with Crippen LogP contribution >= 0.6 is 0 Å². The van der Waals surface area contributed by atoms with Gasteiger partial charge in [-0.1, -0.05) is 5.10 Å². The molecule has 0 aliphatic rings. The van der Waals surface area contributed by atoms with Crippen LogP contribution in [0.3, 0.4) is 0 Å². The maximum Gasteiger partial charge on any atom is 0.318 e. The van der Waals surface area contributed by atoms with Crippen molar-refractivity contribution in [1.82, 2.24) is 20.8 Å². The van der Waals surface area contributed by atoms with Crippen molar-refractivity contribution < 1.29 is 9.21 Å². The van der Waals surface area contributed by atoms with E-state index in [1.807, 2.05) is 27.8 Å². The molecule has 0 fully saturated rings. The van der Waals surface area contributed by atoms with E-state index >= 15 is 0 Å². The zero-order valence-electron chi connectivity index (χ0n) is 11.4. The number of nitrogens with one attached hydrogen (secondary N) is 2. The first kappa shape index (κ1) is 14.4. The number of hydrogen-bond donors (Lipinski definition) is 2. The van der Waals surface area contributed by atoms with Crippen LogP contribution in [0.5, 0.6) is 0 Å². The highest BCUT2D eigenvalue weighted by Crippen LogP contribution is 2.16. The zero-order chi connectivity index (χ0) is 13.5. The largest absolute Gasteiger partial charge is 0.406 e. The van der Waals surface area contributed by atoms with E-state index in [2.05, 4.69) is 20.8 Å². The van der Waals surface area contributed by atoms with Gasteiger partial charge in [0.05, 0.1) is 6.04 Å². The lowest BCUT2D eigenvalue weighted by Crippen LogP contribution is -2.37. The summed E-state index contributed by atoms with van der Waals surface area (Å²) in [7, 11) is 1.82. The summed E-state index contributed by atoms with van der Waals surface area (Å²) >= 11 is 0. The van der Waals surface area contributed by atoms with Crippen molar-refractivity contribution in [2.75, 3.05) is 31.6 Å². The Bertz CT molecular complexity index is 379. The number of amides is 1. The lowest BCUT2D eigenvalue weighted by Gasteiger charge is -2.16. The smallest absolute Gasteiger partial charge is 0.318 e. The summed E-state index contributed by atoms with van der Waals surface area (Å²) in [6, 6.07) is 0.371. The van der Waals surface area contributed by atoms with Crippen LogP contribution in [0.15, 0.2) is 4.42 Å². The highest BCUT2D eigenvalue weighted by atomic mass is 16.4. The van der Waals surface area contributed by atoms with Gasteiger partial charge in [-0.2, -0.15) is 0 Å². The molecule has 1 aromatic rings. The van der Waals surface area contributed by atoms with E-state index in [9.17, 15) is 4.79 Å². The first-order valence-corrected chi connectivity index (χ1v) is 6.14. The third-order valence-corrected chi connectivity index (χ3v) is 2.59. The lowest BCUT2D eigenvalue weighted by atomic mass is 10.3. The average Bonchev–Trinajstić information content (AvgIpc) is 2.84. The maximum atomic E-state index is 11.5. The number of aromatic nitrogens is 2. The van der Waals surface area contributed by atoms with E-state index < -0.39 is 0 Å². The molecule has 1 rings (SSSR count). The quantitative estimate of drug-likeness (QED) is 0.729. The molecule has 0 saturated carbocycles. The highest BCUT2D eigenvalue weighted by molar-refractivity contribution is 5.80. The molecule has 1 unspecified atom stereocenters. The summed E-state index contributed by atoms with van der Waals surface area (Å²) in [5.41, 5.74) is 0. The molecule has 102 valence electrons. The van der Waals surface area contributed by atoms with Crippen molar-refractivity contribution in [1.29, 1.82) is 0 Å². The van der Waals surface area contributed by atoms with Crippen LogP contribution in [0.2, 0.25) is 0 Å². The fourth-order valence-corrected chi connectivity index (χ4v) is 1.39. The third-order valence-electron chi connectivity index (χ3n) is 2.59. The molecule has 0 spiro atoms. The zero-order valence-corrected chi connectivity index (χ0v) is 11.4. The summed E-state index contributed by atoms with van der Waals surface area (Å²) in [5.74, 6) is 0.461. The molecule has 0 bridgehead atoms. The van der Waals surface area contributed by atoms with Gasteiger partial charge in [-0.25, -0.2) is 0 Å². The molecule has 2 N–H and O–H groups in total. The van der Waals surface area contributed by atoms with E-state index in [0.29, 0.717) is 25.0 Å². The Labute approximate surface area is 107 Å². The van der Waals surface area contributed by atoms with E-state index in [-0.39, 0.29) is 18.5 Å². The Morgan fingerprint density at radius 2 is 2.17 bits per heavy atom. The molecule has 0 saturated heterocycles. The lowest BCUT2D eigenvalue weighted by molar-refractivity contribution is -0.119. The van der Waals surface area contributed by atoms with Crippen molar-refractivity contribution in [2.45, 2.75) is 26.8 Å². The summed E-state index contributed by atoms with van der Waals surface area (Å²) in [5, 5.41) is 13.7. The van der Waals surface area contributed by atoms with Crippen LogP contribution in [0.4, 0.5) is 6.01 Å². The van der Waals surface area contributed by atoms with Gasteiger partial charge in [0.2, 0.25) is 11.8 Å². The predicted molar refractivity (Wildman–Crippen MR) is 68.3 cm³/mol. The standard InChI is InChI=1S/C11H21N5O2/c1-5-13-9(17)7-16(6-2)11-15-14-10(18-11)8(3)12-4/h8,12H,5-7H2,1-4H3,(H,13,17). The van der Waals surface area contributed by atoms with Gasteiger partial charge in [0, 0.05) is 13.1 Å². The molecule has 7 heteroatoms. The van der Waals surface area contributed by atoms with Gasteiger partial charge < -0.3 is 20.0 Å². The third kappa shape index (κ3) is 3.69. The second kappa shape index (κ2) is 6.95. The molecule has 1 atom stereocenters. The number of carbonyl (C=O) groups excluding carboxylic acids is 1. The number of rotatable bonds is 7. The van der Waals surface area contributed by atoms with Crippen molar-refractivity contribution in [3.8, 4) is 0 Å². The first-order valence-electron chi connectivity index (χ1n) is 6.14. The average molecular weight is 255 g/mol. The SMILES string of the molecule is CCNC(=O)CN(CC)c1nnc(C(C)NC)o1. The van der Waals surface area contributed by atoms with Gasteiger partial charge in [0.15, 0.2) is 0 Å². The van der Waals surface area contributed by atoms with Crippen LogP contribution in [0, 0.1) is 0 Å². The molecule has 1 heterocycles. The Hall–Kier alpha value is -1.63. The van der Waals surface area contributed by atoms with Crippen molar-refractivity contribution in [3.05, 3.63) is 5.89 Å². The van der Waals surface area contributed by atoms with Gasteiger partial charge in [-0.15, -0.1) is 5.10 Å². The topological polar surface area (TPSA) is 83.3 Å². The van der Waals surface area contributed by atoms with Gasteiger partial charge in [-0.3, -0.25) is 4.79 Å². The van der Waals surface area contributed by atoms with Crippen LogP contribution in [-0.2, 0) is 4.79 Å². The fourth-order valence-electron chi connectivity index (χ4n) is 1.39. The summed E-state index contributed by atoms with van der Waals surface area (Å²) in [6.07, 6.45) is 0. The Kier molecular flexibility index (Phi) is 5.57. The van der Waals surface area contributed by atoms with Gasteiger partial charge in [-0.05, 0) is 27.8 Å². The minimum atomic E-state index is -0.0548. The molecule has 0 aliphatic heterocycles.